The number of carbonyl (C=O) groups is 4. The van der Waals surface area contributed by atoms with Crippen molar-refractivity contribution < 1.29 is 53.8 Å². The molecule has 1 aromatic heterocycles. The number of hydrogen-bond acceptors (Lipinski definition) is 8. The van der Waals surface area contributed by atoms with Crippen LogP contribution in [0, 0.1) is 0 Å². The molecule has 4 N–H and O–H groups in total. The third-order valence-corrected chi connectivity index (χ3v) is 9.20. The number of benzene rings is 1. The van der Waals surface area contributed by atoms with Crippen LogP contribution in [0.5, 0.6) is 0 Å². The molecule has 0 saturated carbocycles. The smallest absolute Gasteiger partial charge is 0.548 e. The maximum absolute atomic E-state index is 13.1. The maximum Gasteiger partial charge on any atom is 1.00 e. The number of fused-ring (bicyclic) bond motifs is 2. The summed E-state index contributed by atoms with van der Waals surface area (Å²) in [4.78, 5) is 66.7. The van der Waals surface area contributed by atoms with Crippen molar-refractivity contribution in [3.63, 3.8) is 0 Å². The van der Waals surface area contributed by atoms with E-state index < -0.39 is 51.8 Å². The van der Waals surface area contributed by atoms with Gasteiger partial charge in [0.05, 0.1) is 29.8 Å². The van der Waals surface area contributed by atoms with Gasteiger partial charge in [-0.05, 0) is 25.8 Å². The number of H-pyrrole nitrogens is 1. The van der Waals surface area contributed by atoms with Gasteiger partial charge in [-0.25, -0.2) is 14.2 Å². The van der Waals surface area contributed by atoms with Crippen LogP contribution in [0.15, 0.2) is 58.9 Å². The largest absolute Gasteiger partial charge is 1.00 e. The predicted octanol–water partition coefficient (Wildman–Crippen LogP) is -2.80. The van der Waals surface area contributed by atoms with E-state index in [9.17, 15) is 29.1 Å². The number of aromatic nitrogens is 2. The Bertz CT molecular complexity index is 1550. The Hall–Kier alpha value is -3.26. The fourth-order valence-corrected chi connectivity index (χ4v) is 7.40. The number of thioether (sulfide) groups is 1. The molecule has 1 aromatic carbocycles. The van der Waals surface area contributed by atoms with Crippen LogP contribution in [0.25, 0.3) is 0 Å². The fraction of sp³-hybridized carbons (Fsp3) is 0.370. The Balaban J connectivity index is 0.00000337. The minimum atomic E-state index is -1.31. The summed E-state index contributed by atoms with van der Waals surface area (Å²) in [6, 6.07) is 6.18. The van der Waals surface area contributed by atoms with E-state index in [0.717, 1.165) is 15.7 Å². The van der Waals surface area contributed by atoms with E-state index in [1.807, 2.05) is 36.4 Å². The van der Waals surface area contributed by atoms with E-state index in [4.69, 9.17) is 0 Å². The second kappa shape index (κ2) is 10.9. The van der Waals surface area contributed by atoms with Gasteiger partial charge < -0.3 is 30.8 Å². The number of aromatic amines is 1. The van der Waals surface area contributed by atoms with Crippen molar-refractivity contribution >= 4 is 41.4 Å². The SMILES string of the molecule is CC1(C)S[C@@H]2[C@H](NC(=O)CC3=CC(NC(=O)n4c5c([nH]c4=O)NC5c4ccccc4)C=CC3)C(=O)N2[C@H]1C(=O)[O-].[Na+]. The maximum atomic E-state index is 13.1. The van der Waals surface area contributed by atoms with E-state index in [2.05, 4.69) is 20.9 Å². The Morgan fingerprint density at radius 3 is 2.59 bits per heavy atom. The molecular formula is C27H27N6NaO6S. The number of anilines is 1. The van der Waals surface area contributed by atoms with Gasteiger partial charge in [0.2, 0.25) is 11.8 Å². The van der Waals surface area contributed by atoms with Crippen molar-refractivity contribution in [2.75, 3.05) is 5.32 Å². The first-order valence-corrected chi connectivity index (χ1v) is 13.8. The monoisotopic (exact) mass is 586 g/mol. The second-order valence-corrected chi connectivity index (χ2v) is 12.5. The number of nitrogens with one attached hydrogen (secondary N) is 4. The number of β-lactam (4-membered cyclic amide) rings is 1. The van der Waals surface area contributed by atoms with E-state index in [1.54, 1.807) is 26.0 Å². The summed E-state index contributed by atoms with van der Waals surface area (Å²) in [6.45, 7) is 3.48. The van der Waals surface area contributed by atoms with E-state index in [1.165, 1.54) is 16.7 Å². The number of carbonyl (C=O) groups excluding carboxylic acids is 4. The number of amides is 3. The van der Waals surface area contributed by atoms with Gasteiger partial charge in [-0.1, -0.05) is 54.1 Å². The molecule has 208 valence electrons. The minimum absolute atomic E-state index is 0. The summed E-state index contributed by atoms with van der Waals surface area (Å²) >= 11 is 1.33. The van der Waals surface area contributed by atoms with Gasteiger partial charge in [0.1, 0.15) is 17.2 Å². The molecule has 3 aliphatic heterocycles. The van der Waals surface area contributed by atoms with Crippen molar-refractivity contribution in [3.05, 3.63) is 75.9 Å². The third kappa shape index (κ3) is 5.05. The van der Waals surface area contributed by atoms with Gasteiger partial charge >= 0.3 is 41.3 Å². The van der Waals surface area contributed by atoms with Crippen LogP contribution in [0.1, 0.15) is 44.0 Å². The second-order valence-electron chi connectivity index (χ2n) is 10.7. The van der Waals surface area contributed by atoms with E-state index in [0.29, 0.717) is 17.9 Å². The van der Waals surface area contributed by atoms with Crippen molar-refractivity contribution in [2.45, 2.75) is 61.0 Å². The predicted molar refractivity (Wildman–Crippen MR) is 144 cm³/mol. The standard InChI is InChI=1S/C27H28N6O6S.Na/c1-27(2)20(24(36)37)33-22(35)18(23(33)40-27)29-16(34)12-13-7-6-10-15(11-13)28-25(38)32-19-17(14-8-4-3-5-9-14)30-21(19)31-26(32)39;/h3-6,8-11,15,17-18,20,23,30H,7,12H2,1-2H3,(H,28,38)(H,29,34)(H,31,39)(H,36,37);/q;+1/p-1/t15?,17?,18-,20+,23-;/m1./s1. The van der Waals surface area contributed by atoms with Crippen molar-refractivity contribution in [1.29, 1.82) is 0 Å². The van der Waals surface area contributed by atoms with Crippen LogP contribution >= 0.6 is 11.8 Å². The molecule has 41 heavy (non-hydrogen) atoms. The van der Waals surface area contributed by atoms with E-state index >= 15 is 0 Å². The number of imidazole rings is 1. The number of hydrogen-bond donors (Lipinski definition) is 4. The zero-order valence-electron chi connectivity index (χ0n) is 22.7. The molecule has 0 spiro atoms. The van der Waals surface area contributed by atoms with Gasteiger partial charge in [-0.2, -0.15) is 0 Å². The molecule has 0 bridgehead atoms. The average molecular weight is 587 g/mol. The first kappa shape index (κ1) is 29.2. The summed E-state index contributed by atoms with van der Waals surface area (Å²) in [5, 5.41) is 19.8. The molecular weight excluding hydrogens is 559 g/mol. The van der Waals surface area contributed by atoms with Gasteiger partial charge in [-0.3, -0.25) is 14.6 Å². The van der Waals surface area contributed by atoms with Crippen molar-refractivity contribution in [1.82, 2.24) is 25.1 Å². The summed E-state index contributed by atoms with van der Waals surface area (Å²) in [5.41, 5.74) is 1.65. The van der Waals surface area contributed by atoms with E-state index in [-0.39, 0.29) is 47.9 Å². The summed E-state index contributed by atoms with van der Waals surface area (Å²) in [6.07, 6.45) is 5.85. The summed E-state index contributed by atoms with van der Waals surface area (Å²) in [7, 11) is 0. The van der Waals surface area contributed by atoms with Crippen LogP contribution in [0.3, 0.4) is 0 Å². The Morgan fingerprint density at radius 1 is 1.15 bits per heavy atom. The van der Waals surface area contributed by atoms with Gasteiger partial charge in [0.15, 0.2) is 0 Å². The summed E-state index contributed by atoms with van der Waals surface area (Å²) < 4.78 is 0.348. The van der Waals surface area contributed by atoms with Crippen LogP contribution in [0.2, 0.25) is 0 Å². The molecule has 2 aromatic rings. The Labute approximate surface area is 261 Å². The number of carboxylic acids is 1. The van der Waals surface area contributed by atoms with Gasteiger partial charge in [-0.15, -0.1) is 11.8 Å². The topological polar surface area (TPSA) is 168 Å². The fourth-order valence-electron chi connectivity index (χ4n) is 5.78. The molecule has 2 unspecified atom stereocenters. The molecule has 3 amide bonds. The first-order chi connectivity index (χ1) is 19.0. The molecule has 4 aliphatic rings. The summed E-state index contributed by atoms with van der Waals surface area (Å²) in [5.74, 6) is -1.63. The van der Waals surface area contributed by atoms with Gasteiger partial charge in [0.25, 0.3) is 0 Å². The zero-order chi connectivity index (χ0) is 28.3. The number of nitrogens with zero attached hydrogens (tertiary/aromatic N) is 2. The molecule has 1 aliphatic carbocycles. The van der Waals surface area contributed by atoms with Crippen molar-refractivity contribution in [2.24, 2.45) is 0 Å². The number of rotatable bonds is 6. The van der Waals surface area contributed by atoms with Gasteiger partial charge in [0, 0.05) is 11.2 Å². The Kier molecular flexibility index (Phi) is 7.74. The molecule has 6 rings (SSSR count). The third-order valence-electron chi connectivity index (χ3n) is 7.63. The number of aliphatic carboxylic acids is 1. The molecule has 4 heterocycles. The number of allylic oxidation sites excluding steroid dienone is 1. The average Bonchev–Trinajstić information content (AvgIpc) is 3.30. The van der Waals surface area contributed by atoms with Crippen molar-refractivity contribution in [3.8, 4) is 0 Å². The molecule has 0 radical (unpaired) electrons. The van der Waals surface area contributed by atoms with Crippen LogP contribution in [-0.4, -0.2) is 66.5 Å². The minimum Gasteiger partial charge on any atom is -0.548 e. The number of carboxylic acid groups (broad SMARTS) is 1. The van der Waals surface area contributed by atoms with Crippen LogP contribution in [0.4, 0.5) is 10.6 Å². The molecule has 14 heteroatoms. The Morgan fingerprint density at radius 2 is 1.88 bits per heavy atom. The first-order valence-electron chi connectivity index (χ1n) is 12.9. The normalized spacial score (nSPS) is 26.7. The van der Waals surface area contributed by atoms with Crippen LogP contribution < -0.4 is 56.3 Å². The quantitative estimate of drug-likeness (QED) is 0.160. The molecule has 2 saturated heterocycles. The molecule has 5 atom stereocenters. The van der Waals surface area contributed by atoms with Crippen LogP contribution in [-0.2, 0) is 14.4 Å². The molecule has 12 nitrogen and oxygen atoms in total. The zero-order valence-corrected chi connectivity index (χ0v) is 25.5. The molecule has 2 fully saturated rings.